The van der Waals surface area contributed by atoms with Crippen molar-refractivity contribution < 1.29 is 22.7 Å². The molecule has 0 saturated heterocycles. The summed E-state index contributed by atoms with van der Waals surface area (Å²) in [5.41, 5.74) is 1.33. The van der Waals surface area contributed by atoms with Crippen molar-refractivity contribution in [1.82, 2.24) is 4.98 Å². The number of nitrogens with one attached hydrogen (secondary N) is 2. The molecule has 1 aliphatic rings. The summed E-state index contributed by atoms with van der Waals surface area (Å²) in [6, 6.07) is 16.0. The highest BCUT2D eigenvalue weighted by Gasteiger charge is 2.19. The van der Waals surface area contributed by atoms with Gasteiger partial charge in [-0.05, 0) is 49.4 Å². The third-order valence-corrected chi connectivity index (χ3v) is 5.92. The van der Waals surface area contributed by atoms with Gasteiger partial charge in [-0.2, -0.15) is 0 Å². The lowest BCUT2D eigenvalue weighted by Crippen LogP contribution is -2.15. The van der Waals surface area contributed by atoms with E-state index in [1.807, 2.05) is 13.0 Å². The van der Waals surface area contributed by atoms with E-state index in [0.29, 0.717) is 36.1 Å². The second-order valence-corrected chi connectivity index (χ2v) is 8.65. The number of fused-ring (bicyclic) bond motifs is 1. The Morgan fingerprint density at radius 3 is 2.55 bits per heavy atom. The van der Waals surface area contributed by atoms with Gasteiger partial charge in [-0.3, -0.25) is 9.52 Å². The third kappa shape index (κ3) is 4.95. The Morgan fingerprint density at radius 2 is 1.74 bits per heavy atom. The topological polar surface area (TPSA) is 107 Å². The minimum Gasteiger partial charge on any atom is -0.490 e. The predicted octanol–water partition coefficient (Wildman–Crippen LogP) is 3.60. The summed E-state index contributed by atoms with van der Waals surface area (Å²) in [6.45, 7) is 2.80. The van der Waals surface area contributed by atoms with Crippen molar-refractivity contribution in [2.45, 2.75) is 18.2 Å². The predicted molar refractivity (Wildman–Crippen MR) is 116 cm³/mol. The molecule has 31 heavy (non-hydrogen) atoms. The van der Waals surface area contributed by atoms with E-state index in [0.717, 1.165) is 12.1 Å². The van der Waals surface area contributed by atoms with Crippen molar-refractivity contribution in [2.24, 2.45) is 0 Å². The molecule has 0 atom stereocenters. The van der Waals surface area contributed by atoms with E-state index in [9.17, 15) is 13.2 Å². The molecule has 2 N–H and O–H groups in total. The van der Waals surface area contributed by atoms with Crippen LogP contribution in [0.25, 0.3) is 0 Å². The van der Waals surface area contributed by atoms with E-state index in [4.69, 9.17) is 9.47 Å². The second kappa shape index (κ2) is 8.65. The Hall–Kier alpha value is -3.59. The first kappa shape index (κ1) is 20.7. The van der Waals surface area contributed by atoms with E-state index in [-0.39, 0.29) is 10.6 Å². The van der Waals surface area contributed by atoms with Gasteiger partial charge < -0.3 is 14.8 Å². The summed E-state index contributed by atoms with van der Waals surface area (Å²) in [5, 5.41) is 2.70. The van der Waals surface area contributed by atoms with Crippen molar-refractivity contribution in [1.29, 1.82) is 0 Å². The maximum absolute atomic E-state index is 12.9. The summed E-state index contributed by atoms with van der Waals surface area (Å²) in [7, 11) is -3.90. The number of amides is 1. The lowest BCUT2D eigenvalue weighted by atomic mass is 10.2. The van der Waals surface area contributed by atoms with Gasteiger partial charge in [0.15, 0.2) is 11.5 Å². The summed E-state index contributed by atoms with van der Waals surface area (Å²) >= 11 is 0. The number of aryl methyl sites for hydroxylation is 1. The maximum Gasteiger partial charge on any atom is 0.262 e. The number of rotatable bonds is 5. The van der Waals surface area contributed by atoms with Crippen LogP contribution in [-0.4, -0.2) is 32.5 Å². The van der Waals surface area contributed by atoms with Gasteiger partial charge in [-0.15, -0.1) is 0 Å². The van der Waals surface area contributed by atoms with Gasteiger partial charge in [0.2, 0.25) is 0 Å². The molecule has 3 aromatic rings. The molecule has 9 heteroatoms. The number of benzene rings is 2. The lowest BCUT2D eigenvalue weighted by molar-refractivity contribution is 0.102. The minimum absolute atomic E-state index is 0.0376. The quantitative estimate of drug-likeness (QED) is 0.629. The Labute approximate surface area is 180 Å². The van der Waals surface area contributed by atoms with Gasteiger partial charge in [0.25, 0.3) is 15.9 Å². The molecule has 0 fully saturated rings. The van der Waals surface area contributed by atoms with Gasteiger partial charge in [-0.25, -0.2) is 13.4 Å². The van der Waals surface area contributed by atoms with E-state index in [1.165, 1.54) is 18.2 Å². The van der Waals surface area contributed by atoms with Crippen LogP contribution in [0.3, 0.4) is 0 Å². The van der Waals surface area contributed by atoms with E-state index >= 15 is 0 Å². The smallest absolute Gasteiger partial charge is 0.262 e. The van der Waals surface area contributed by atoms with Crippen LogP contribution in [0.15, 0.2) is 65.6 Å². The molecule has 0 radical (unpaired) electrons. The first-order valence-electron chi connectivity index (χ1n) is 9.68. The van der Waals surface area contributed by atoms with E-state index in [1.54, 1.807) is 36.4 Å². The number of pyridine rings is 1. The molecule has 160 valence electrons. The van der Waals surface area contributed by atoms with E-state index < -0.39 is 15.9 Å². The highest BCUT2D eigenvalue weighted by molar-refractivity contribution is 7.92. The molecule has 2 aromatic carbocycles. The number of sulfonamides is 1. The summed E-state index contributed by atoms with van der Waals surface area (Å²) in [4.78, 5) is 16.8. The van der Waals surface area contributed by atoms with Crippen molar-refractivity contribution in [3.8, 4) is 11.5 Å². The lowest BCUT2D eigenvalue weighted by Gasteiger charge is -2.12. The largest absolute Gasteiger partial charge is 0.490 e. The molecule has 4 rings (SSSR count). The second-order valence-electron chi connectivity index (χ2n) is 6.96. The average molecular weight is 439 g/mol. The summed E-state index contributed by atoms with van der Waals surface area (Å²) < 4.78 is 39.4. The van der Waals surface area contributed by atoms with Crippen LogP contribution in [-0.2, 0) is 10.0 Å². The number of anilines is 2. The molecular formula is C22H21N3O5S. The van der Waals surface area contributed by atoms with Gasteiger partial charge in [0.1, 0.15) is 5.82 Å². The van der Waals surface area contributed by atoms with Crippen LogP contribution in [0.5, 0.6) is 11.5 Å². The Balaban J connectivity index is 1.53. The first-order chi connectivity index (χ1) is 14.9. The Kier molecular flexibility index (Phi) is 5.77. The van der Waals surface area contributed by atoms with Crippen LogP contribution in [0.2, 0.25) is 0 Å². The molecule has 0 bridgehead atoms. The Bertz CT molecular complexity index is 1230. The molecule has 1 aliphatic heterocycles. The third-order valence-electron chi connectivity index (χ3n) is 4.54. The number of hydrogen-bond donors (Lipinski definition) is 2. The molecule has 2 heterocycles. The van der Waals surface area contributed by atoms with Crippen LogP contribution in [0.4, 0.5) is 11.5 Å². The molecule has 0 unspecified atom stereocenters. The fourth-order valence-electron chi connectivity index (χ4n) is 3.05. The van der Waals surface area contributed by atoms with Gasteiger partial charge in [0.05, 0.1) is 18.1 Å². The first-order valence-corrected chi connectivity index (χ1v) is 11.2. The van der Waals surface area contributed by atoms with Crippen molar-refractivity contribution in [3.05, 3.63) is 71.9 Å². The number of hydrogen-bond acceptors (Lipinski definition) is 6. The van der Waals surface area contributed by atoms with Crippen LogP contribution >= 0.6 is 0 Å². The fraction of sp³-hybridized carbons (Fsp3) is 0.182. The van der Waals surface area contributed by atoms with Gasteiger partial charge >= 0.3 is 0 Å². The zero-order valence-electron chi connectivity index (χ0n) is 16.8. The fourth-order valence-corrected chi connectivity index (χ4v) is 4.11. The molecular weight excluding hydrogens is 418 g/mol. The molecule has 0 aliphatic carbocycles. The standard InChI is InChI=1S/C22H21N3O5S/c1-15-5-2-8-21(23-15)24-22(26)16-6-3-7-17(13-16)25-31(27,28)18-9-10-19-20(14-18)30-12-4-11-29-19/h2-3,5-10,13-14,25H,4,11-12H2,1H3,(H,23,24,26). The zero-order valence-corrected chi connectivity index (χ0v) is 17.6. The minimum atomic E-state index is -3.90. The monoisotopic (exact) mass is 439 g/mol. The van der Waals surface area contributed by atoms with Gasteiger partial charge in [0, 0.05) is 29.4 Å². The van der Waals surface area contributed by atoms with Crippen LogP contribution in [0, 0.1) is 6.92 Å². The highest BCUT2D eigenvalue weighted by Crippen LogP contribution is 2.32. The maximum atomic E-state index is 12.9. The van der Waals surface area contributed by atoms with Crippen molar-refractivity contribution in [3.63, 3.8) is 0 Å². The number of nitrogens with zero attached hydrogens (tertiary/aromatic N) is 1. The zero-order chi connectivity index (χ0) is 21.8. The SMILES string of the molecule is Cc1cccc(NC(=O)c2cccc(NS(=O)(=O)c3ccc4c(c3)OCCCO4)c2)n1. The highest BCUT2D eigenvalue weighted by atomic mass is 32.2. The molecule has 1 amide bonds. The van der Waals surface area contributed by atoms with Crippen molar-refractivity contribution >= 4 is 27.4 Å². The molecule has 0 saturated carbocycles. The summed E-state index contributed by atoms with van der Waals surface area (Å²) in [6.07, 6.45) is 0.724. The van der Waals surface area contributed by atoms with E-state index in [2.05, 4.69) is 15.0 Å². The number of aromatic nitrogens is 1. The molecule has 1 aromatic heterocycles. The number of carbonyl (C=O) groups is 1. The number of ether oxygens (including phenoxy) is 2. The average Bonchev–Trinajstić information content (AvgIpc) is 2.98. The summed E-state index contributed by atoms with van der Waals surface area (Å²) in [5.74, 6) is 0.928. The van der Waals surface area contributed by atoms with Crippen LogP contribution < -0.4 is 19.5 Å². The molecule has 0 spiro atoms. The number of carbonyl (C=O) groups excluding carboxylic acids is 1. The van der Waals surface area contributed by atoms with Crippen LogP contribution in [0.1, 0.15) is 22.5 Å². The van der Waals surface area contributed by atoms with Gasteiger partial charge in [-0.1, -0.05) is 12.1 Å². The normalized spacial score (nSPS) is 13.2. The Morgan fingerprint density at radius 1 is 0.968 bits per heavy atom. The molecule has 8 nitrogen and oxygen atoms in total. The van der Waals surface area contributed by atoms with Crippen molar-refractivity contribution in [2.75, 3.05) is 23.3 Å².